The molecule has 0 unspecified atom stereocenters. The summed E-state index contributed by atoms with van der Waals surface area (Å²) in [5.74, 6) is 1.17. The van der Waals surface area contributed by atoms with Gasteiger partial charge in [-0.1, -0.05) is 43.0 Å². The second-order valence-electron chi connectivity index (χ2n) is 11.8. The summed E-state index contributed by atoms with van der Waals surface area (Å²) < 4.78 is 2.24. The van der Waals surface area contributed by atoms with Crippen LogP contribution in [0.1, 0.15) is 69.2 Å². The first-order valence-corrected chi connectivity index (χ1v) is 14.8. The number of rotatable bonds is 3. The van der Waals surface area contributed by atoms with Crippen molar-refractivity contribution >= 4 is 34.5 Å². The summed E-state index contributed by atoms with van der Waals surface area (Å²) in [6.07, 6.45) is 11.1. The van der Waals surface area contributed by atoms with Crippen LogP contribution in [0.25, 0.3) is 16.6 Å². The highest BCUT2D eigenvalue weighted by Gasteiger charge is 2.46. The zero-order chi connectivity index (χ0) is 25.9. The van der Waals surface area contributed by atoms with Gasteiger partial charge in [0.05, 0.1) is 27.0 Å². The number of hydrogen-bond acceptors (Lipinski definition) is 5. The molecule has 1 aromatic heterocycles. The van der Waals surface area contributed by atoms with E-state index in [0.29, 0.717) is 16.5 Å². The molecule has 198 valence electrons. The molecule has 1 spiro atoms. The van der Waals surface area contributed by atoms with Gasteiger partial charge in [0, 0.05) is 43.8 Å². The monoisotopic (exact) mass is 530 g/mol. The van der Waals surface area contributed by atoms with Crippen LogP contribution in [0.4, 0.5) is 5.69 Å². The van der Waals surface area contributed by atoms with Crippen molar-refractivity contribution in [2.24, 2.45) is 5.92 Å². The third kappa shape index (κ3) is 3.75. The van der Waals surface area contributed by atoms with Crippen molar-refractivity contribution in [3.8, 4) is 5.69 Å². The van der Waals surface area contributed by atoms with E-state index in [2.05, 4.69) is 32.6 Å². The van der Waals surface area contributed by atoms with Crippen LogP contribution in [0.3, 0.4) is 0 Å². The molecule has 0 atom stereocenters. The van der Waals surface area contributed by atoms with Crippen LogP contribution in [0, 0.1) is 5.92 Å². The summed E-state index contributed by atoms with van der Waals surface area (Å²) in [7, 11) is 0. The van der Waals surface area contributed by atoms with E-state index in [1.165, 1.54) is 17.7 Å². The number of fused-ring (bicyclic) bond motifs is 7. The number of hydrogen-bond donors (Lipinski definition) is 0. The van der Waals surface area contributed by atoms with E-state index in [0.717, 1.165) is 101 Å². The highest BCUT2D eigenvalue weighted by molar-refractivity contribution is 6.35. The number of carbonyl (C=O) groups excluding carboxylic acids is 1. The van der Waals surface area contributed by atoms with Crippen molar-refractivity contribution in [1.82, 2.24) is 14.5 Å². The summed E-state index contributed by atoms with van der Waals surface area (Å²) in [4.78, 5) is 34.2. The topological polar surface area (TPSA) is 58.4 Å². The summed E-state index contributed by atoms with van der Waals surface area (Å²) in [5, 5.41) is 0.982. The van der Waals surface area contributed by atoms with Gasteiger partial charge in [-0.3, -0.25) is 14.3 Å². The first kappa shape index (κ1) is 24.3. The molecule has 2 aliphatic carbocycles. The van der Waals surface area contributed by atoms with Crippen LogP contribution in [0.5, 0.6) is 0 Å². The van der Waals surface area contributed by atoms with E-state index >= 15 is 0 Å². The minimum absolute atomic E-state index is 0.194. The van der Waals surface area contributed by atoms with Crippen molar-refractivity contribution in [1.29, 1.82) is 0 Å². The summed E-state index contributed by atoms with van der Waals surface area (Å²) in [6.45, 7) is 4.11. The number of carbonyl (C=O) groups is 1. The van der Waals surface area contributed by atoms with Gasteiger partial charge >= 0.3 is 0 Å². The molecule has 0 bridgehead atoms. The Morgan fingerprint density at radius 3 is 2.45 bits per heavy atom. The van der Waals surface area contributed by atoms with Gasteiger partial charge in [-0.25, -0.2) is 0 Å². The molecule has 3 fully saturated rings. The third-order valence-corrected chi connectivity index (χ3v) is 10.2. The van der Waals surface area contributed by atoms with Crippen LogP contribution in [-0.2, 0) is 10.2 Å². The molecule has 4 aliphatic rings. The molecule has 6 nitrogen and oxygen atoms in total. The normalized spacial score (nSPS) is 24.9. The van der Waals surface area contributed by atoms with Gasteiger partial charge < -0.3 is 9.69 Å². The molecule has 7 heteroatoms. The largest absolute Gasteiger partial charge is 0.369 e. The SMILES string of the molecule is O=CC1CCC(N2CCN(c3ccc4c(c3)-n3c(nc(=O)c5c(Cl)cccc53)C43CCCCC3)CC2)CC1. The van der Waals surface area contributed by atoms with Gasteiger partial charge in [0.15, 0.2) is 0 Å². The average molecular weight is 531 g/mol. The Morgan fingerprint density at radius 1 is 0.947 bits per heavy atom. The van der Waals surface area contributed by atoms with Gasteiger partial charge in [0.1, 0.15) is 12.1 Å². The lowest BCUT2D eigenvalue weighted by atomic mass is 9.70. The molecular weight excluding hydrogens is 496 g/mol. The van der Waals surface area contributed by atoms with E-state index in [4.69, 9.17) is 16.6 Å². The van der Waals surface area contributed by atoms with E-state index < -0.39 is 0 Å². The number of piperazine rings is 1. The lowest BCUT2D eigenvalue weighted by Gasteiger charge is -2.42. The second-order valence-corrected chi connectivity index (χ2v) is 12.2. The maximum atomic E-state index is 13.2. The molecule has 1 saturated heterocycles. The second kappa shape index (κ2) is 9.49. The van der Waals surface area contributed by atoms with E-state index in [1.807, 2.05) is 12.1 Å². The number of nitrogens with zero attached hydrogens (tertiary/aromatic N) is 4. The van der Waals surface area contributed by atoms with Crippen LogP contribution >= 0.6 is 11.6 Å². The third-order valence-electron chi connectivity index (χ3n) is 9.87. The van der Waals surface area contributed by atoms with Gasteiger partial charge in [0.2, 0.25) is 0 Å². The minimum atomic E-state index is -0.215. The molecule has 2 saturated carbocycles. The highest BCUT2D eigenvalue weighted by atomic mass is 35.5. The minimum Gasteiger partial charge on any atom is -0.369 e. The highest BCUT2D eigenvalue weighted by Crippen LogP contribution is 2.52. The van der Waals surface area contributed by atoms with Crippen molar-refractivity contribution < 1.29 is 4.79 Å². The Kier molecular flexibility index (Phi) is 6.08. The fourth-order valence-corrected chi connectivity index (χ4v) is 8.07. The number of halogens is 1. The molecule has 2 aliphatic heterocycles. The van der Waals surface area contributed by atoms with Crippen LogP contribution < -0.4 is 10.5 Å². The predicted molar refractivity (Wildman–Crippen MR) is 152 cm³/mol. The van der Waals surface area contributed by atoms with Crippen molar-refractivity contribution in [2.45, 2.75) is 69.2 Å². The van der Waals surface area contributed by atoms with Crippen molar-refractivity contribution in [3.63, 3.8) is 0 Å². The first-order chi connectivity index (χ1) is 18.6. The Labute approximate surface area is 228 Å². The van der Waals surface area contributed by atoms with Gasteiger partial charge in [0.25, 0.3) is 5.56 Å². The van der Waals surface area contributed by atoms with Gasteiger partial charge in [-0.2, -0.15) is 4.98 Å². The lowest BCUT2D eigenvalue weighted by molar-refractivity contribution is -0.112. The molecule has 38 heavy (non-hydrogen) atoms. The quantitative estimate of drug-likeness (QED) is 0.419. The van der Waals surface area contributed by atoms with E-state index in [1.54, 1.807) is 6.07 Å². The van der Waals surface area contributed by atoms with Gasteiger partial charge in [-0.05, 0) is 68.4 Å². The smallest absolute Gasteiger partial charge is 0.282 e. The summed E-state index contributed by atoms with van der Waals surface area (Å²) >= 11 is 6.53. The standard InChI is InChI=1S/C31H35ClN4O2/c32-25-5-4-6-26-28(25)29(38)33-30-31(13-2-1-3-14-31)24-12-11-23(19-27(24)36(26)30)35-17-15-34(16-18-35)22-9-7-21(20-37)8-10-22/h4-6,11-12,19-22H,1-3,7-10,13-18H2. The Bertz CT molecular complexity index is 1440. The summed E-state index contributed by atoms with van der Waals surface area (Å²) in [6, 6.07) is 13.3. The fourth-order valence-electron chi connectivity index (χ4n) is 7.82. The zero-order valence-corrected chi connectivity index (χ0v) is 22.6. The number of aromatic nitrogens is 2. The zero-order valence-electron chi connectivity index (χ0n) is 21.9. The molecule has 3 heterocycles. The van der Waals surface area contributed by atoms with Crippen LogP contribution in [0.2, 0.25) is 5.02 Å². The fraction of sp³-hybridized carbons (Fsp3) is 0.516. The molecular formula is C31H35ClN4O2. The average Bonchev–Trinajstić information content (AvgIpc) is 3.22. The predicted octanol–water partition coefficient (Wildman–Crippen LogP) is 5.48. The van der Waals surface area contributed by atoms with Crippen molar-refractivity contribution in [3.05, 3.63) is 63.2 Å². The molecule has 0 amide bonds. The van der Waals surface area contributed by atoms with Gasteiger partial charge in [-0.15, -0.1) is 0 Å². The lowest BCUT2D eigenvalue weighted by Crippen LogP contribution is -2.51. The van der Waals surface area contributed by atoms with Crippen LogP contribution in [-0.4, -0.2) is 53.0 Å². The first-order valence-electron chi connectivity index (χ1n) is 14.4. The molecule has 3 aromatic rings. The number of anilines is 1. The Hall–Kier alpha value is -2.70. The van der Waals surface area contributed by atoms with E-state index in [-0.39, 0.29) is 16.9 Å². The molecule has 0 radical (unpaired) electrons. The maximum Gasteiger partial charge on any atom is 0.282 e. The number of aldehydes is 1. The Balaban J connectivity index is 1.24. The molecule has 0 N–H and O–H groups in total. The maximum absolute atomic E-state index is 13.2. The molecule has 2 aromatic carbocycles. The number of benzene rings is 2. The molecule has 7 rings (SSSR count). The summed E-state index contributed by atoms with van der Waals surface area (Å²) in [5.41, 5.74) is 4.17. The van der Waals surface area contributed by atoms with Crippen LogP contribution in [0.15, 0.2) is 41.2 Å². The Morgan fingerprint density at radius 2 is 1.71 bits per heavy atom. The van der Waals surface area contributed by atoms with E-state index in [9.17, 15) is 9.59 Å². The van der Waals surface area contributed by atoms with Crippen molar-refractivity contribution in [2.75, 3.05) is 31.1 Å².